The lowest BCUT2D eigenvalue weighted by atomic mass is 10.00. The highest BCUT2D eigenvalue weighted by Crippen LogP contribution is 2.40. The van der Waals surface area contributed by atoms with E-state index in [1.54, 1.807) is 12.1 Å². The number of hydrogen-bond acceptors (Lipinski definition) is 2. The number of hydrogen-bond donors (Lipinski definition) is 0. The summed E-state index contributed by atoms with van der Waals surface area (Å²) in [6.07, 6.45) is 0. The van der Waals surface area contributed by atoms with E-state index >= 15 is 0 Å². The molecule has 142 valence electrons. The maximum atomic E-state index is 9.82. The van der Waals surface area contributed by atoms with Crippen molar-refractivity contribution in [2.45, 2.75) is 0 Å². The Kier molecular flexibility index (Phi) is 3.60. The number of nitriles is 2. The Balaban J connectivity index is 1.93. The molecule has 0 saturated heterocycles. The highest BCUT2D eigenvalue weighted by atomic mass is 15.0. The van der Waals surface area contributed by atoms with Gasteiger partial charge in [-0.1, -0.05) is 60.7 Å². The van der Waals surface area contributed by atoms with Crippen molar-refractivity contribution in [1.82, 2.24) is 4.57 Å². The molecule has 0 radical (unpaired) electrons. The number of nitrogens with zero attached hydrogens (tertiary/aromatic N) is 3. The summed E-state index contributed by atoms with van der Waals surface area (Å²) in [6.45, 7) is 0. The van der Waals surface area contributed by atoms with E-state index in [-0.39, 0.29) is 0 Å². The van der Waals surface area contributed by atoms with Crippen molar-refractivity contribution in [2.24, 2.45) is 0 Å². The molecule has 1 heterocycles. The largest absolute Gasteiger partial charge is 0.308 e. The maximum absolute atomic E-state index is 9.82. The van der Waals surface area contributed by atoms with Crippen LogP contribution in [0.2, 0.25) is 0 Å². The monoisotopic (exact) mass is 393 g/mol. The minimum absolute atomic E-state index is 0.533. The van der Waals surface area contributed by atoms with Crippen LogP contribution < -0.4 is 0 Å². The van der Waals surface area contributed by atoms with Crippen molar-refractivity contribution in [2.75, 3.05) is 0 Å². The molecule has 0 bridgehead atoms. The van der Waals surface area contributed by atoms with Crippen LogP contribution in [-0.4, -0.2) is 4.57 Å². The van der Waals surface area contributed by atoms with Crippen molar-refractivity contribution in [1.29, 1.82) is 10.5 Å². The standard InChI is InChI=1S/C28H15N3/c29-16-18-9-10-21(17-30)26(15-18)31-24-13-11-19-5-1-3-7-22(19)27(24)28-23-8-4-2-6-20(23)12-14-25(28)31/h1-15H. The van der Waals surface area contributed by atoms with Crippen molar-refractivity contribution in [3.8, 4) is 17.8 Å². The van der Waals surface area contributed by atoms with E-state index in [1.807, 2.05) is 6.07 Å². The quantitative estimate of drug-likeness (QED) is 0.307. The van der Waals surface area contributed by atoms with Crippen molar-refractivity contribution < 1.29 is 0 Å². The molecule has 0 amide bonds. The summed E-state index contributed by atoms with van der Waals surface area (Å²) in [5, 5.41) is 26.3. The van der Waals surface area contributed by atoms with E-state index in [0.717, 1.165) is 27.5 Å². The number of rotatable bonds is 1. The lowest BCUT2D eigenvalue weighted by molar-refractivity contribution is 1.17. The molecule has 0 N–H and O–H groups in total. The van der Waals surface area contributed by atoms with Crippen molar-refractivity contribution in [3.05, 3.63) is 102 Å². The average molecular weight is 393 g/mol. The molecule has 0 unspecified atom stereocenters. The van der Waals surface area contributed by atoms with Gasteiger partial charge in [-0.15, -0.1) is 0 Å². The maximum Gasteiger partial charge on any atom is 0.101 e. The molecule has 0 aliphatic heterocycles. The third-order valence-corrected chi connectivity index (χ3v) is 6.03. The fraction of sp³-hybridized carbons (Fsp3) is 0. The summed E-state index contributed by atoms with van der Waals surface area (Å²) in [4.78, 5) is 0. The Bertz CT molecular complexity index is 1660. The average Bonchev–Trinajstić information content (AvgIpc) is 3.18. The second-order valence-corrected chi connectivity index (χ2v) is 7.65. The molecule has 0 fully saturated rings. The summed E-state index contributed by atoms with van der Waals surface area (Å²) < 4.78 is 2.13. The van der Waals surface area contributed by atoms with Gasteiger partial charge in [0, 0.05) is 10.8 Å². The SMILES string of the molecule is N#Cc1ccc(C#N)c(-n2c3ccc4ccccc4c3c3c4ccccc4ccc32)c1. The van der Waals surface area contributed by atoms with Crippen molar-refractivity contribution >= 4 is 43.4 Å². The smallest absolute Gasteiger partial charge is 0.101 e. The zero-order valence-electron chi connectivity index (χ0n) is 16.5. The first-order valence-electron chi connectivity index (χ1n) is 10.1. The molecule has 6 aromatic rings. The minimum Gasteiger partial charge on any atom is -0.308 e. The van der Waals surface area contributed by atoms with Gasteiger partial charge in [-0.25, -0.2) is 0 Å². The second kappa shape index (κ2) is 6.46. The van der Waals surface area contributed by atoms with Crippen LogP contribution in [0, 0.1) is 22.7 Å². The molecule has 0 aliphatic rings. The third-order valence-electron chi connectivity index (χ3n) is 6.03. The van der Waals surface area contributed by atoms with E-state index in [0.29, 0.717) is 11.1 Å². The fourth-order valence-corrected chi connectivity index (χ4v) is 4.69. The predicted octanol–water partition coefficient (Wildman–Crippen LogP) is 6.83. The Morgan fingerprint density at radius 1 is 0.581 bits per heavy atom. The Morgan fingerprint density at radius 2 is 1.16 bits per heavy atom. The molecular formula is C28H15N3. The first-order chi connectivity index (χ1) is 15.3. The molecule has 0 aliphatic carbocycles. The van der Waals surface area contributed by atoms with Crippen LogP contribution in [0.3, 0.4) is 0 Å². The molecule has 5 aromatic carbocycles. The van der Waals surface area contributed by atoms with Gasteiger partial charge in [0.05, 0.1) is 33.9 Å². The van der Waals surface area contributed by atoms with Crippen LogP contribution in [0.5, 0.6) is 0 Å². The van der Waals surface area contributed by atoms with Gasteiger partial charge in [0.2, 0.25) is 0 Å². The Morgan fingerprint density at radius 3 is 1.71 bits per heavy atom. The number of benzene rings is 5. The minimum atomic E-state index is 0.533. The first kappa shape index (κ1) is 17.3. The second-order valence-electron chi connectivity index (χ2n) is 7.65. The molecule has 3 nitrogen and oxygen atoms in total. The Labute approximate surface area is 178 Å². The van der Waals surface area contributed by atoms with E-state index in [2.05, 4.69) is 89.5 Å². The van der Waals surface area contributed by atoms with Crippen LogP contribution >= 0.6 is 0 Å². The summed E-state index contributed by atoms with van der Waals surface area (Å²) in [5.74, 6) is 0. The van der Waals surface area contributed by atoms with Crippen LogP contribution in [0.1, 0.15) is 11.1 Å². The van der Waals surface area contributed by atoms with Crippen LogP contribution in [0.15, 0.2) is 91.0 Å². The lowest BCUT2D eigenvalue weighted by Crippen LogP contribution is -1.98. The predicted molar refractivity (Wildman–Crippen MR) is 125 cm³/mol. The van der Waals surface area contributed by atoms with Gasteiger partial charge in [-0.05, 0) is 51.9 Å². The zero-order valence-corrected chi connectivity index (χ0v) is 16.5. The molecule has 6 rings (SSSR count). The van der Waals surface area contributed by atoms with Crippen LogP contribution in [0.4, 0.5) is 0 Å². The van der Waals surface area contributed by atoms with Gasteiger partial charge >= 0.3 is 0 Å². The van der Waals surface area contributed by atoms with Crippen LogP contribution in [0.25, 0.3) is 49.0 Å². The van der Waals surface area contributed by atoms with Gasteiger partial charge in [-0.3, -0.25) is 0 Å². The van der Waals surface area contributed by atoms with E-state index < -0.39 is 0 Å². The highest BCUT2D eigenvalue weighted by molar-refractivity contribution is 6.28. The van der Waals surface area contributed by atoms with Gasteiger partial charge in [0.25, 0.3) is 0 Å². The summed E-state index contributed by atoms with van der Waals surface area (Å²) in [7, 11) is 0. The summed E-state index contributed by atoms with van der Waals surface area (Å²) >= 11 is 0. The molecule has 1 aromatic heterocycles. The lowest BCUT2D eigenvalue weighted by Gasteiger charge is -2.11. The van der Waals surface area contributed by atoms with Gasteiger partial charge < -0.3 is 4.57 Å². The van der Waals surface area contributed by atoms with Crippen LogP contribution in [-0.2, 0) is 0 Å². The fourth-order valence-electron chi connectivity index (χ4n) is 4.69. The molecule has 3 heteroatoms. The number of fused-ring (bicyclic) bond motifs is 7. The Hall–Kier alpha value is -4.60. The van der Waals surface area contributed by atoms with Gasteiger partial charge in [0.1, 0.15) is 6.07 Å². The van der Waals surface area contributed by atoms with Crippen molar-refractivity contribution in [3.63, 3.8) is 0 Å². The van der Waals surface area contributed by atoms with E-state index in [4.69, 9.17) is 0 Å². The van der Waals surface area contributed by atoms with E-state index in [1.165, 1.54) is 21.5 Å². The highest BCUT2D eigenvalue weighted by Gasteiger charge is 2.19. The molecule has 0 spiro atoms. The molecular weight excluding hydrogens is 378 g/mol. The normalized spacial score (nSPS) is 11.2. The van der Waals surface area contributed by atoms with Gasteiger partial charge in [0.15, 0.2) is 0 Å². The zero-order chi connectivity index (χ0) is 20.9. The molecule has 31 heavy (non-hydrogen) atoms. The third kappa shape index (κ3) is 2.38. The summed E-state index contributed by atoms with van der Waals surface area (Å²) in [6, 6.07) is 35.0. The summed E-state index contributed by atoms with van der Waals surface area (Å²) in [5.41, 5.74) is 3.85. The molecule has 0 saturated carbocycles. The van der Waals surface area contributed by atoms with Gasteiger partial charge in [-0.2, -0.15) is 10.5 Å². The van der Waals surface area contributed by atoms with E-state index in [9.17, 15) is 10.5 Å². The topological polar surface area (TPSA) is 52.5 Å². The number of aromatic nitrogens is 1. The first-order valence-corrected chi connectivity index (χ1v) is 10.1. The molecule has 0 atom stereocenters.